The van der Waals surface area contributed by atoms with Crippen molar-refractivity contribution in [2.24, 2.45) is 0 Å². The molecule has 0 amide bonds. The van der Waals surface area contributed by atoms with E-state index in [1.54, 1.807) is 12.1 Å². The second-order valence-electron chi connectivity index (χ2n) is 3.03. The Morgan fingerprint density at radius 3 is 2.50 bits per heavy atom. The molecule has 0 spiro atoms. The van der Waals surface area contributed by atoms with Crippen LogP contribution in [0.5, 0.6) is 0 Å². The van der Waals surface area contributed by atoms with Crippen molar-refractivity contribution in [2.75, 3.05) is 4.72 Å². The molecule has 0 saturated carbocycles. The highest BCUT2D eigenvalue weighted by Crippen LogP contribution is 2.15. The fourth-order valence-corrected chi connectivity index (χ4v) is 2.44. The lowest BCUT2D eigenvalue weighted by Gasteiger charge is -2.05. The van der Waals surface area contributed by atoms with Gasteiger partial charge in [0.15, 0.2) is 5.03 Å². The molecule has 0 aliphatic carbocycles. The lowest BCUT2D eigenvalue weighted by atomic mass is 10.3. The van der Waals surface area contributed by atoms with E-state index in [2.05, 4.69) is 37.3 Å². The number of aromatic nitrogens is 2. The fraction of sp³-hybridized carbons (Fsp3) is 0. The number of halogens is 1. The zero-order chi connectivity index (χ0) is 11.6. The number of imidazole rings is 1. The van der Waals surface area contributed by atoms with Gasteiger partial charge in [-0.25, -0.2) is 4.98 Å². The van der Waals surface area contributed by atoms with Crippen LogP contribution in [0.25, 0.3) is 0 Å². The van der Waals surface area contributed by atoms with Gasteiger partial charge in [0.05, 0.1) is 12.5 Å². The summed E-state index contributed by atoms with van der Waals surface area (Å²) in [6.45, 7) is 0. The first-order valence-corrected chi connectivity index (χ1v) is 6.91. The number of anilines is 1. The Balaban J connectivity index is 2.25. The van der Waals surface area contributed by atoms with E-state index in [1.165, 1.54) is 12.5 Å². The summed E-state index contributed by atoms with van der Waals surface area (Å²) in [6, 6.07) is 7.06. The van der Waals surface area contributed by atoms with Gasteiger partial charge in [-0.3, -0.25) is 4.72 Å². The summed E-state index contributed by atoms with van der Waals surface area (Å²) < 4.78 is 27.0. The van der Waals surface area contributed by atoms with Gasteiger partial charge >= 0.3 is 0 Å². The highest BCUT2D eigenvalue weighted by atomic mass is 127. The third-order valence-corrected chi connectivity index (χ3v) is 3.88. The van der Waals surface area contributed by atoms with Gasteiger partial charge in [-0.2, -0.15) is 8.42 Å². The van der Waals surface area contributed by atoms with Crippen molar-refractivity contribution in [1.29, 1.82) is 0 Å². The molecule has 0 aliphatic heterocycles. The average molecular weight is 349 g/mol. The van der Waals surface area contributed by atoms with Crippen molar-refractivity contribution in [3.63, 3.8) is 0 Å². The van der Waals surface area contributed by atoms with Crippen LogP contribution >= 0.6 is 22.6 Å². The highest BCUT2D eigenvalue weighted by Gasteiger charge is 2.14. The molecule has 0 aliphatic rings. The molecule has 0 unspecified atom stereocenters. The minimum Gasteiger partial charge on any atom is -0.334 e. The third kappa shape index (κ3) is 2.53. The first-order chi connectivity index (χ1) is 7.58. The Kier molecular flexibility index (Phi) is 3.15. The van der Waals surface area contributed by atoms with Gasteiger partial charge in [0.25, 0.3) is 10.0 Å². The molecule has 0 radical (unpaired) electrons. The quantitative estimate of drug-likeness (QED) is 0.830. The van der Waals surface area contributed by atoms with Crippen molar-refractivity contribution in [1.82, 2.24) is 9.97 Å². The van der Waals surface area contributed by atoms with Crippen LogP contribution in [-0.4, -0.2) is 18.4 Å². The van der Waals surface area contributed by atoms with Gasteiger partial charge in [-0.15, -0.1) is 0 Å². The van der Waals surface area contributed by atoms with E-state index in [1.807, 2.05) is 12.1 Å². The zero-order valence-electron chi connectivity index (χ0n) is 8.01. The lowest BCUT2D eigenvalue weighted by Crippen LogP contribution is -2.13. The predicted octanol–water partition coefficient (Wildman–Crippen LogP) is 1.82. The number of benzene rings is 1. The number of sulfonamides is 1. The maximum atomic E-state index is 11.8. The number of hydrogen-bond acceptors (Lipinski definition) is 3. The van der Waals surface area contributed by atoms with Crippen LogP contribution in [0.4, 0.5) is 5.69 Å². The molecule has 0 saturated heterocycles. The summed E-state index contributed by atoms with van der Waals surface area (Å²) >= 11 is 2.15. The predicted molar refractivity (Wildman–Crippen MR) is 68.6 cm³/mol. The van der Waals surface area contributed by atoms with Crippen LogP contribution in [0.1, 0.15) is 0 Å². The first-order valence-electron chi connectivity index (χ1n) is 4.35. The van der Waals surface area contributed by atoms with Gasteiger partial charge in [0.2, 0.25) is 0 Å². The van der Waals surface area contributed by atoms with Crippen LogP contribution in [-0.2, 0) is 10.0 Å². The van der Waals surface area contributed by atoms with Crippen LogP contribution < -0.4 is 4.72 Å². The molecule has 2 N–H and O–H groups in total. The van der Waals surface area contributed by atoms with Crippen molar-refractivity contribution in [3.05, 3.63) is 40.4 Å². The summed E-state index contributed by atoms with van der Waals surface area (Å²) in [4.78, 5) is 6.21. The molecule has 2 rings (SSSR count). The Morgan fingerprint density at radius 1 is 1.25 bits per heavy atom. The van der Waals surface area contributed by atoms with Crippen molar-refractivity contribution < 1.29 is 8.42 Å². The number of H-pyrrole nitrogens is 1. The van der Waals surface area contributed by atoms with Gasteiger partial charge in [-0.05, 0) is 46.9 Å². The summed E-state index contributed by atoms with van der Waals surface area (Å²) in [5, 5.41) is 0.0473. The maximum absolute atomic E-state index is 11.8. The summed E-state index contributed by atoms with van der Waals surface area (Å²) in [5.74, 6) is 0. The Bertz CT molecular complexity index is 563. The minimum atomic E-state index is -3.55. The fourth-order valence-electron chi connectivity index (χ4n) is 1.12. The van der Waals surface area contributed by atoms with Crippen molar-refractivity contribution >= 4 is 38.3 Å². The Morgan fingerprint density at radius 2 is 1.94 bits per heavy atom. The maximum Gasteiger partial charge on any atom is 0.278 e. The first kappa shape index (κ1) is 11.4. The average Bonchev–Trinajstić information content (AvgIpc) is 2.75. The third-order valence-electron chi connectivity index (χ3n) is 1.86. The van der Waals surface area contributed by atoms with Gasteiger partial charge < -0.3 is 4.98 Å². The second-order valence-corrected chi connectivity index (χ2v) is 5.92. The zero-order valence-corrected chi connectivity index (χ0v) is 11.0. The highest BCUT2D eigenvalue weighted by molar-refractivity contribution is 14.1. The van der Waals surface area contributed by atoms with Crippen LogP contribution in [0, 0.1) is 3.57 Å². The van der Waals surface area contributed by atoms with E-state index in [0.717, 1.165) is 3.57 Å². The second kappa shape index (κ2) is 4.42. The molecule has 1 heterocycles. The van der Waals surface area contributed by atoms with E-state index in [0.29, 0.717) is 5.69 Å². The normalized spacial score (nSPS) is 11.3. The van der Waals surface area contributed by atoms with E-state index in [9.17, 15) is 8.42 Å². The van der Waals surface area contributed by atoms with Gasteiger partial charge in [0, 0.05) is 9.26 Å². The number of hydrogen-bond donors (Lipinski definition) is 2. The standard InChI is InChI=1S/C9H8IN3O2S/c10-7-1-3-8(4-2-7)13-16(14,15)9-5-11-6-12-9/h1-6,13H,(H,11,12). The Hall–Kier alpha value is -1.09. The summed E-state index contributed by atoms with van der Waals surface area (Å²) in [5.41, 5.74) is 0.523. The lowest BCUT2D eigenvalue weighted by molar-refractivity contribution is 0.598. The molecule has 1 aromatic heterocycles. The van der Waals surface area contributed by atoms with Crippen LogP contribution in [0.2, 0.25) is 0 Å². The molecule has 7 heteroatoms. The molecule has 84 valence electrons. The minimum absolute atomic E-state index is 0.0473. The SMILES string of the molecule is O=S(=O)(Nc1ccc(I)cc1)c1cnc[nH]1. The summed E-state index contributed by atoms with van der Waals surface area (Å²) in [6.07, 6.45) is 2.58. The van der Waals surface area contributed by atoms with Crippen LogP contribution in [0.15, 0.2) is 41.8 Å². The van der Waals surface area contributed by atoms with E-state index in [4.69, 9.17) is 0 Å². The van der Waals surface area contributed by atoms with Crippen molar-refractivity contribution in [2.45, 2.75) is 5.03 Å². The van der Waals surface area contributed by atoms with Crippen LogP contribution in [0.3, 0.4) is 0 Å². The molecule has 2 aromatic rings. The van der Waals surface area contributed by atoms with E-state index < -0.39 is 10.0 Å². The molecule has 0 atom stereocenters. The monoisotopic (exact) mass is 349 g/mol. The number of aromatic amines is 1. The molecule has 0 fully saturated rings. The molecular formula is C9H8IN3O2S. The van der Waals surface area contributed by atoms with E-state index in [-0.39, 0.29) is 5.03 Å². The van der Waals surface area contributed by atoms with Crippen molar-refractivity contribution in [3.8, 4) is 0 Å². The summed E-state index contributed by atoms with van der Waals surface area (Å²) in [7, 11) is -3.55. The van der Waals surface area contributed by atoms with Gasteiger partial charge in [0.1, 0.15) is 0 Å². The number of nitrogens with zero attached hydrogens (tertiary/aromatic N) is 1. The number of rotatable bonds is 3. The molecule has 0 bridgehead atoms. The molecular weight excluding hydrogens is 341 g/mol. The molecule has 1 aromatic carbocycles. The van der Waals surface area contributed by atoms with Gasteiger partial charge in [-0.1, -0.05) is 0 Å². The molecule has 5 nitrogen and oxygen atoms in total. The Labute approximate surface area is 106 Å². The smallest absolute Gasteiger partial charge is 0.278 e. The van der Waals surface area contributed by atoms with E-state index >= 15 is 0 Å². The number of nitrogens with one attached hydrogen (secondary N) is 2. The largest absolute Gasteiger partial charge is 0.334 e. The topological polar surface area (TPSA) is 74.8 Å². The molecule has 16 heavy (non-hydrogen) atoms.